The van der Waals surface area contributed by atoms with Crippen LogP contribution in [0.3, 0.4) is 0 Å². The molecule has 3 nitrogen and oxygen atoms in total. The molecule has 0 radical (unpaired) electrons. The largest absolute Gasteiger partial charge is 0.393 e. The van der Waals surface area contributed by atoms with Crippen molar-refractivity contribution in [1.29, 1.82) is 0 Å². The normalized spacial score (nSPS) is 13.1. The van der Waals surface area contributed by atoms with Crippen LogP contribution in [-0.2, 0) is 4.79 Å². The Bertz CT molecular complexity index is 226. The molecular formula is C10H20N2OS. The van der Waals surface area contributed by atoms with Crippen LogP contribution >= 0.6 is 12.2 Å². The number of nitrogens with two attached hydrogens (primary N) is 1. The van der Waals surface area contributed by atoms with Crippen LogP contribution in [0.15, 0.2) is 0 Å². The van der Waals surface area contributed by atoms with Crippen LogP contribution in [0.4, 0.5) is 0 Å². The summed E-state index contributed by atoms with van der Waals surface area (Å²) in [6.45, 7) is 7.84. The monoisotopic (exact) mass is 216 g/mol. The van der Waals surface area contributed by atoms with E-state index in [1.165, 1.54) is 0 Å². The fourth-order valence-electron chi connectivity index (χ4n) is 1.21. The number of rotatable bonds is 4. The van der Waals surface area contributed by atoms with Crippen LogP contribution < -0.4 is 5.73 Å². The first kappa shape index (κ1) is 13.4. The second-order valence-electron chi connectivity index (χ2n) is 4.17. The van der Waals surface area contributed by atoms with Gasteiger partial charge in [0.05, 0.1) is 10.9 Å². The molecule has 0 aromatic rings. The summed E-state index contributed by atoms with van der Waals surface area (Å²) in [5.41, 5.74) is 5.56. The van der Waals surface area contributed by atoms with Gasteiger partial charge >= 0.3 is 0 Å². The Hall–Kier alpha value is -0.640. The Labute approximate surface area is 91.6 Å². The molecule has 0 aliphatic rings. The van der Waals surface area contributed by atoms with Crippen LogP contribution in [-0.4, -0.2) is 28.9 Å². The van der Waals surface area contributed by atoms with Gasteiger partial charge in [0, 0.05) is 13.1 Å². The van der Waals surface area contributed by atoms with Crippen LogP contribution in [0.5, 0.6) is 0 Å². The van der Waals surface area contributed by atoms with Gasteiger partial charge in [-0.25, -0.2) is 0 Å². The fourth-order valence-corrected chi connectivity index (χ4v) is 1.58. The minimum absolute atomic E-state index is 0.0162. The summed E-state index contributed by atoms with van der Waals surface area (Å²) >= 11 is 4.91. The van der Waals surface area contributed by atoms with Gasteiger partial charge in [0.1, 0.15) is 0 Å². The van der Waals surface area contributed by atoms with Gasteiger partial charge in [-0.1, -0.05) is 26.1 Å². The maximum Gasteiger partial charge on any atom is 0.232 e. The van der Waals surface area contributed by atoms with Gasteiger partial charge in [-0.2, -0.15) is 0 Å². The zero-order valence-electron chi connectivity index (χ0n) is 9.57. The van der Waals surface area contributed by atoms with E-state index < -0.39 is 0 Å². The Morgan fingerprint density at radius 2 is 1.71 bits per heavy atom. The van der Waals surface area contributed by atoms with E-state index in [1.807, 2.05) is 27.7 Å². The number of carbonyl (C=O) groups excluding carboxylic acids is 1. The predicted molar refractivity (Wildman–Crippen MR) is 63.0 cm³/mol. The molecule has 0 heterocycles. The average Bonchev–Trinajstić information content (AvgIpc) is 2.01. The number of hydrogen-bond acceptors (Lipinski definition) is 2. The lowest BCUT2D eigenvalue weighted by Gasteiger charge is -2.28. The van der Waals surface area contributed by atoms with E-state index in [1.54, 1.807) is 11.9 Å². The maximum absolute atomic E-state index is 11.9. The van der Waals surface area contributed by atoms with Gasteiger partial charge in [0.25, 0.3) is 0 Å². The highest BCUT2D eigenvalue weighted by Crippen LogP contribution is 2.15. The Kier molecular flexibility index (Phi) is 5.05. The predicted octanol–water partition coefficient (Wildman–Crippen LogP) is 1.41. The van der Waals surface area contributed by atoms with Gasteiger partial charge in [-0.15, -0.1) is 0 Å². The molecule has 0 aromatic carbocycles. The zero-order valence-corrected chi connectivity index (χ0v) is 10.4. The summed E-state index contributed by atoms with van der Waals surface area (Å²) in [7, 11) is 1.78. The topological polar surface area (TPSA) is 46.3 Å². The Morgan fingerprint density at radius 3 is 1.93 bits per heavy atom. The zero-order chi connectivity index (χ0) is 11.5. The van der Waals surface area contributed by atoms with Crippen LogP contribution in [0.25, 0.3) is 0 Å². The molecular weight excluding hydrogens is 196 g/mol. The van der Waals surface area contributed by atoms with Crippen molar-refractivity contribution in [3.8, 4) is 0 Å². The van der Waals surface area contributed by atoms with Crippen LogP contribution in [0.1, 0.15) is 27.7 Å². The van der Waals surface area contributed by atoms with Crippen molar-refractivity contribution in [2.45, 2.75) is 33.7 Å². The summed E-state index contributed by atoms with van der Waals surface area (Å²) in [5.74, 6) is -0.166. The first-order chi connectivity index (χ1) is 6.29. The van der Waals surface area contributed by atoms with Gasteiger partial charge < -0.3 is 10.6 Å². The van der Waals surface area contributed by atoms with E-state index in [-0.39, 0.29) is 28.8 Å². The van der Waals surface area contributed by atoms with E-state index in [0.717, 1.165) is 0 Å². The lowest BCUT2D eigenvalue weighted by molar-refractivity contribution is -0.134. The Balaban J connectivity index is 4.69. The van der Waals surface area contributed by atoms with Crippen molar-refractivity contribution in [3.63, 3.8) is 0 Å². The van der Waals surface area contributed by atoms with Crippen LogP contribution in [0, 0.1) is 11.8 Å². The number of hydrogen-bond donors (Lipinski definition) is 1. The van der Waals surface area contributed by atoms with Gasteiger partial charge in [-0.3, -0.25) is 4.79 Å². The molecule has 2 N–H and O–H groups in total. The summed E-state index contributed by atoms with van der Waals surface area (Å²) in [4.78, 5) is 13.9. The van der Waals surface area contributed by atoms with Crippen molar-refractivity contribution in [1.82, 2.24) is 4.90 Å². The van der Waals surface area contributed by atoms with Crippen molar-refractivity contribution in [2.75, 3.05) is 7.05 Å². The second kappa shape index (κ2) is 5.29. The summed E-state index contributed by atoms with van der Waals surface area (Å²) in [5, 5.41) is 0. The molecule has 0 saturated heterocycles. The molecule has 0 aromatic heterocycles. The molecule has 0 bridgehead atoms. The molecule has 4 heteroatoms. The molecule has 0 spiro atoms. The van der Waals surface area contributed by atoms with E-state index in [9.17, 15) is 4.79 Å². The minimum Gasteiger partial charge on any atom is -0.393 e. The second-order valence-corrected chi connectivity index (χ2v) is 4.64. The van der Waals surface area contributed by atoms with Crippen molar-refractivity contribution >= 4 is 23.1 Å². The van der Waals surface area contributed by atoms with E-state index >= 15 is 0 Å². The molecule has 0 saturated carbocycles. The third kappa shape index (κ3) is 3.25. The molecule has 1 unspecified atom stereocenters. The fraction of sp³-hybridized carbons (Fsp3) is 0.800. The highest BCUT2D eigenvalue weighted by atomic mass is 32.1. The standard InChI is InChI=1S/C10H20N2OS/c1-6(2)8(9(11)14)10(13)12(5)7(3)4/h6-8H,1-5H3,(H2,11,14). The molecule has 82 valence electrons. The summed E-state index contributed by atoms with van der Waals surface area (Å²) < 4.78 is 0. The first-order valence-electron chi connectivity index (χ1n) is 4.85. The average molecular weight is 216 g/mol. The molecule has 0 aliphatic heterocycles. The number of thiocarbonyl (C=S) groups is 1. The van der Waals surface area contributed by atoms with Crippen molar-refractivity contribution in [2.24, 2.45) is 17.6 Å². The van der Waals surface area contributed by atoms with Gasteiger partial charge in [-0.05, 0) is 19.8 Å². The first-order valence-corrected chi connectivity index (χ1v) is 5.25. The molecule has 1 amide bonds. The van der Waals surface area contributed by atoms with Crippen molar-refractivity contribution < 1.29 is 4.79 Å². The molecule has 1 atom stereocenters. The van der Waals surface area contributed by atoms with Gasteiger partial charge in [0.15, 0.2) is 0 Å². The number of nitrogens with zero attached hydrogens (tertiary/aromatic N) is 1. The summed E-state index contributed by atoms with van der Waals surface area (Å²) in [6.07, 6.45) is 0. The quantitative estimate of drug-likeness (QED) is 0.723. The van der Waals surface area contributed by atoms with E-state index in [2.05, 4.69) is 0 Å². The van der Waals surface area contributed by atoms with E-state index in [4.69, 9.17) is 18.0 Å². The number of carbonyl (C=O) groups is 1. The molecule has 0 rings (SSSR count). The van der Waals surface area contributed by atoms with Crippen molar-refractivity contribution in [3.05, 3.63) is 0 Å². The lowest BCUT2D eigenvalue weighted by Crippen LogP contribution is -2.44. The number of amides is 1. The minimum atomic E-state index is -0.336. The Morgan fingerprint density at radius 1 is 1.29 bits per heavy atom. The lowest BCUT2D eigenvalue weighted by atomic mass is 9.94. The maximum atomic E-state index is 11.9. The molecule has 0 fully saturated rings. The highest BCUT2D eigenvalue weighted by molar-refractivity contribution is 7.80. The molecule has 14 heavy (non-hydrogen) atoms. The van der Waals surface area contributed by atoms with E-state index in [0.29, 0.717) is 0 Å². The molecule has 0 aliphatic carbocycles. The third-order valence-electron chi connectivity index (χ3n) is 2.36. The van der Waals surface area contributed by atoms with Gasteiger partial charge in [0.2, 0.25) is 5.91 Å². The summed E-state index contributed by atoms with van der Waals surface area (Å²) in [6, 6.07) is 0.179. The van der Waals surface area contributed by atoms with Crippen LogP contribution in [0.2, 0.25) is 0 Å². The SMILES string of the molecule is CC(C)C(C(=O)N(C)C(C)C)C(N)=S. The smallest absolute Gasteiger partial charge is 0.232 e. The third-order valence-corrected chi connectivity index (χ3v) is 2.62. The highest BCUT2D eigenvalue weighted by Gasteiger charge is 2.28.